The van der Waals surface area contributed by atoms with Gasteiger partial charge in [-0.25, -0.2) is 0 Å². The third-order valence-electron chi connectivity index (χ3n) is 5.54. The van der Waals surface area contributed by atoms with Crippen molar-refractivity contribution in [3.8, 4) is 0 Å². The Hall–Kier alpha value is -1.31. The minimum absolute atomic E-state index is 0.0986. The molecule has 3 aliphatic heterocycles. The van der Waals surface area contributed by atoms with Crippen LogP contribution >= 0.6 is 0 Å². The minimum Gasteiger partial charge on any atom is -0.338 e. The van der Waals surface area contributed by atoms with Gasteiger partial charge in [0.2, 0.25) is 11.8 Å². The Balaban J connectivity index is 1.64. The summed E-state index contributed by atoms with van der Waals surface area (Å²) in [5, 5.41) is 0. The van der Waals surface area contributed by atoms with Crippen LogP contribution in [0.4, 0.5) is 13.2 Å². The second-order valence-corrected chi connectivity index (χ2v) is 7.22. The average Bonchev–Trinajstić information content (AvgIpc) is 3.17. The van der Waals surface area contributed by atoms with E-state index in [2.05, 4.69) is 11.9 Å². The molecule has 0 radical (unpaired) electrons. The van der Waals surface area contributed by atoms with E-state index in [1.54, 1.807) is 0 Å². The molecule has 0 aromatic heterocycles. The first-order valence-electron chi connectivity index (χ1n) is 8.61. The molecule has 3 heterocycles. The number of amides is 2. The van der Waals surface area contributed by atoms with Crippen LogP contribution in [0.15, 0.2) is 0 Å². The highest BCUT2D eigenvalue weighted by Crippen LogP contribution is 2.32. The lowest BCUT2D eigenvalue weighted by Gasteiger charge is -2.34. The van der Waals surface area contributed by atoms with E-state index < -0.39 is 24.5 Å². The number of alkyl halides is 3. The van der Waals surface area contributed by atoms with Crippen LogP contribution in [0.5, 0.6) is 0 Å². The zero-order chi connectivity index (χ0) is 17.5. The fraction of sp³-hybridized carbons (Fsp3) is 0.875. The van der Waals surface area contributed by atoms with Gasteiger partial charge in [0.05, 0.1) is 5.92 Å². The summed E-state index contributed by atoms with van der Waals surface area (Å²) < 4.78 is 37.6. The summed E-state index contributed by atoms with van der Waals surface area (Å²) in [6.45, 7) is 0.299. The van der Waals surface area contributed by atoms with E-state index in [4.69, 9.17) is 0 Å². The van der Waals surface area contributed by atoms with Gasteiger partial charge in [-0.15, -0.1) is 0 Å². The summed E-state index contributed by atoms with van der Waals surface area (Å²) in [5.41, 5.74) is 0. The highest BCUT2D eigenvalue weighted by molar-refractivity contribution is 5.89. The molecule has 8 heteroatoms. The number of carbonyl (C=O) groups excluding carboxylic acids is 2. The first kappa shape index (κ1) is 17.5. The maximum absolute atomic E-state index is 12.8. The van der Waals surface area contributed by atoms with Crippen molar-refractivity contribution in [2.24, 2.45) is 5.92 Å². The third-order valence-corrected chi connectivity index (χ3v) is 5.54. The normalized spacial score (nSPS) is 32.2. The summed E-state index contributed by atoms with van der Waals surface area (Å²) in [6, 6.07) is 0.469. The van der Waals surface area contributed by atoms with Gasteiger partial charge < -0.3 is 14.7 Å². The molecule has 0 aromatic carbocycles. The number of halogens is 3. The highest BCUT2D eigenvalue weighted by atomic mass is 19.4. The maximum Gasteiger partial charge on any atom is 0.406 e. The van der Waals surface area contributed by atoms with Crippen molar-refractivity contribution in [1.82, 2.24) is 14.7 Å². The molecular formula is C16H24F3N3O2. The monoisotopic (exact) mass is 347 g/mol. The molecule has 0 aliphatic carbocycles. The van der Waals surface area contributed by atoms with Gasteiger partial charge in [0.1, 0.15) is 6.54 Å². The second-order valence-electron chi connectivity index (χ2n) is 7.22. The van der Waals surface area contributed by atoms with Crippen molar-refractivity contribution in [3.05, 3.63) is 0 Å². The van der Waals surface area contributed by atoms with E-state index in [-0.39, 0.29) is 24.9 Å². The molecule has 0 bridgehead atoms. The number of hydrogen-bond donors (Lipinski definition) is 0. The predicted octanol–water partition coefficient (Wildman–Crippen LogP) is 1.48. The number of likely N-dealkylation sites (tertiary alicyclic amines) is 3. The molecule has 0 saturated carbocycles. The Labute approximate surface area is 139 Å². The summed E-state index contributed by atoms with van der Waals surface area (Å²) in [6.07, 6.45) is -0.494. The van der Waals surface area contributed by atoms with Crippen LogP contribution in [0, 0.1) is 5.92 Å². The van der Waals surface area contributed by atoms with Crippen LogP contribution in [-0.2, 0) is 9.59 Å². The van der Waals surface area contributed by atoms with Gasteiger partial charge in [-0.1, -0.05) is 0 Å². The van der Waals surface area contributed by atoms with Crippen LogP contribution in [-0.4, -0.2) is 78.0 Å². The molecule has 3 fully saturated rings. The Morgan fingerprint density at radius 1 is 1.17 bits per heavy atom. The average molecular weight is 347 g/mol. The Morgan fingerprint density at radius 2 is 1.83 bits per heavy atom. The number of likely N-dealkylation sites (N-methyl/N-ethyl adjacent to an activating group) is 1. The van der Waals surface area contributed by atoms with Gasteiger partial charge in [-0.05, 0) is 39.3 Å². The molecule has 24 heavy (non-hydrogen) atoms. The molecule has 136 valence electrons. The van der Waals surface area contributed by atoms with Gasteiger partial charge in [0, 0.05) is 31.6 Å². The molecule has 0 aromatic rings. The summed E-state index contributed by atoms with van der Waals surface area (Å²) >= 11 is 0. The molecular weight excluding hydrogens is 323 g/mol. The van der Waals surface area contributed by atoms with Crippen molar-refractivity contribution in [2.45, 2.75) is 50.4 Å². The van der Waals surface area contributed by atoms with Crippen molar-refractivity contribution in [3.63, 3.8) is 0 Å². The van der Waals surface area contributed by atoms with Gasteiger partial charge in [-0.3, -0.25) is 9.59 Å². The number of hydrogen-bond acceptors (Lipinski definition) is 3. The Kier molecular flexibility index (Phi) is 4.77. The summed E-state index contributed by atoms with van der Waals surface area (Å²) in [7, 11) is 2.06. The van der Waals surface area contributed by atoms with E-state index >= 15 is 0 Å². The van der Waals surface area contributed by atoms with Crippen LogP contribution in [0.1, 0.15) is 32.1 Å². The van der Waals surface area contributed by atoms with Gasteiger partial charge in [0.25, 0.3) is 0 Å². The van der Waals surface area contributed by atoms with Crippen molar-refractivity contribution < 1.29 is 22.8 Å². The molecule has 3 saturated heterocycles. The summed E-state index contributed by atoms with van der Waals surface area (Å²) in [5.74, 6) is -1.35. The van der Waals surface area contributed by atoms with Crippen molar-refractivity contribution >= 4 is 11.8 Å². The molecule has 2 amide bonds. The lowest BCUT2D eigenvalue weighted by atomic mass is 10.0. The van der Waals surface area contributed by atoms with Gasteiger partial charge >= 0.3 is 6.18 Å². The zero-order valence-corrected chi connectivity index (χ0v) is 13.9. The van der Waals surface area contributed by atoms with Gasteiger partial charge in [-0.2, -0.15) is 13.2 Å². The quantitative estimate of drug-likeness (QED) is 0.777. The van der Waals surface area contributed by atoms with Crippen molar-refractivity contribution in [2.75, 3.05) is 33.2 Å². The molecule has 0 spiro atoms. The highest BCUT2D eigenvalue weighted by Gasteiger charge is 2.45. The van der Waals surface area contributed by atoms with E-state index in [0.717, 1.165) is 37.1 Å². The molecule has 5 nitrogen and oxygen atoms in total. The maximum atomic E-state index is 12.8. The summed E-state index contributed by atoms with van der Waals surface area (Å²) in [4.78, 5) is 29.5. The van der Waals surface area contributed by atoms with E-state index in [1.165, 1.54) is 0 Å². The fourth-order valence-corrected chi connectivity index (χ4v) is 4.43. The van der Waals surface area contributed by atoms with E-state index in [1.807, 2.05) is 4.90 Å². The first-order valence-corrected chi connectivity index (χ1v) is 8.61. The molecule has 0 N–H and O–H groups in total. The van der Waals surface area contributed by atoms with Crippen LogP contribution < -0.4 is 0 Å². The first-order chi connectivity index (χ1) is 11.3. The van der Waals surface area contributed by atoms with Gasteiger partial charge in [0.15, 0.2) is 0 Å². The zero-order valence-electron chi connectivity index (χ0n) is 13.9. The van der Waals surface area contributed by atoms with Crippen LogP contribution in [0.2, 0.25) is 0 Å². The lowest BCUT2D eigenvalue weighted by molar-refractivity contribution is -0.157. The molecule has 0 unspecified atom stereocenters. The fourth-order valence-electron chi connectivity index (χ4n) is 4.43. The largest absolute Gasteiger partial charge is 0.406 e. The standard InChI is InChI=1S/C16H24F3N3O2/c1-20-6-2-4-12(20)13-5-3-7-22(13)15(24)11-8-14(23)21(9-11)10-16(17,18)19/h11-13H,2-10H2,1H3/t11-,12+,13-/m0/s1. The van der Waals surface area contributed by atoms with Crippen molar-refractivity contribution in [1.29, 1.82) is 0 Å². The topological polar surface area (TPSA) is 43.9 Å². The molecule has 3 atom stereocenters. The smallest absolute Gasteiger partial charge is 0.338 e. The van der Waals surface area contributed by atoms with Crippen LogP contribution in [0.3, 0.4) is 0 Å². The third kappa shape index (κ3) is 3.53. The minimum atomic E-state index is -4.42. The van der Waals surface area contributed by atoms with E-state index in [9.17, 15) is 22.8 Å². The van der Waals surface area contributed by atoms with E-state index in [0.29, 0.717) is 12.6 Å². The number of nitrogens with zero attached hydrogens (tertiary/aromatic N) is 3. The number of rotatable bonds is 3. The number of carbonyl (C=O) groups is 2. The Bertz CT molecular complexity index is 511. The molecule has 3 rings (SSSR count). The SMILES string of the molecule is CN1CCC[C@@H]1[C@@H]1CCCN1C(=O)[C@H]1CC(=O)N(CC(F)(F)F)C1. The van der Waals surface area contributed by atoms with Crippen LogP contribution in [0.25, 0.3) is 0 Å². The second kappa shape index (κ2) is 6.54. The molecule has 3 aliphatic rings. The lowest BCUT2D eigenvalue weighted by Crippen LogP contribution is -2.49. The predicted molar refractivity (Wildman–Crippen MR) is 81.1 cm³/mol. The Morgan fingerprint density at radius 3 is 2.46 bits per heavy atom.